The molecular formula is C25H30FN7O3. The summed E-state index contributed by atoms with van der Waals surface area (Å²) in [5.74, 6) is 0.929. The predicted octanol–water partition coefficient (Wildman–Crippen LogP) is 1.89. The number of rotatable bonds is 5. The maximum absolute atomic E-state index is 14.1. The van der Waals surface area contributed by atoms with Gasteiger partial charge >= 0.3 is 0 Å². The minimum Gasteiger partial charge on any atom is -0.366 e. The summed E-state index contributed by atoms with van der Waals surface area (Å²) in [6, 6.07) is 10.6. The number of carbonyl (C=O) groups is 1. The summed E-state index contributed by atoms with van der Waals surface area (Å²) in [5.41, 5.74) is 1.25. The molecule has 3 aliphatic rings. The van der Waals surface area contributed by atoms with E-state index in [1.807, 2.05) is 28.0 Å². The largest absolute Gasteiger partial charge is 0.366 e. The maximum Gasteiger partial charge on any atom is 0.223 e. The molecule has 0 N–H and O–H groups in total. The number of anilines is 2. The van der Waals surface area contributed by atoms with Crippen molar-refractivity contribution < 1.29 is 18.7 Å². The van der Waals surface area contributed by atoms with E-state index in [9.17, 15) is 9.18 Å². The first-order valence-corrected chi connectivity index (χ1v) is 12.6. The fourth-order valence-electron chi connectivity index (χ4n) is 5.29. The Kier molecular flexibility index (Phi) is 6.18. The van der Waals surface area contributed by atoms with Crippen LogP contribution in [0.2, 0.25) is 0 Å². The number of hydrogen-bond acceptors (Lipinski definition) is 8. The number of fused-ring (bicyclic) bond motifs is 1. The zero-order chi connectivity index (χ0) is 24.5. The topological polar surface area (TPSA) is 88.3 Å². The average molecular weight is 496 g/mol. The Bertz CT molecular complexity index is 1230. The average Bonchev–Trinajstić information content (AvgIpc) is 3.55. The number of piperidine rings is 1. The Balaban J connectivity index is 1.06. The van der Waals surface area contributed by atoms with Crippen LogP contribution in [0.5, 0.6) is 0 Å². The molecule has 6 rings (SSSR count). The number of amides is 1. The van der Waals surface area contributed by atoms with Gasteiger partial charge in [0.25, 0.3) is 0 Å². The van der Waals surface area contributed by atoms with Gasteiger partial charge in [0, 0.05) is 65.0 Å². The van der Waals surface area contributed by atoms with Crippen molar-refractivity contribution in [2.75, 3.05) is 62.3 Å². The summed E-state index contributed by atoms with van der Waals surface area (Å²) in [4.78, 5) is 19.0. The number of aryl methyl sites for hydroxylation is 1. The molecule has 10 nitrogen and oxygen atoms in total. The van der Waals surface area contributed by atoms with E-state index in [4.69, 9.17) is 14.6 Å². The van der Waals surface area contributed by atoms with Crippen LogP contribution in [0.15, 0.2) is 36.4 Å². The third-order valence-corrected chi connectivity index (χ3v) is 7.36. The lowest BCUT2D eigenvalue weighted by atomic mass is 10.0. The van der Waals surface area contributed by atoms with E-state index in [2.05, 4.69) is 15.1 Å². The van der Waals surface area contributed by atoms with Crippen molar-refractivity contribution in [3.8, 4) is 0 Å². The molecule has 3 aromatic rings. The lowest BCUT2D eigenvalue weighted by Gasteiger charge is -2.38. The van der Waals surface area contributed by atoms with Crippen molar-refractivity contribution in [3.63, 3.8) is 0 Å². The first kappa shape index (κ1) is 23.1. The molecule has 0 saturated carbocycles. The van der Waals surface area contributed by atoms with Gasteiger partial charge in [-0.2, -0.15) is 4.52 Å². The van der Waals surface area contributed by atoms with E-state index in [-0.39, 0.29) is 11.7 Å². The van der Waals surface area contributed by atoms with Crippen LogP contribution in [0, 0.1) is 5.82 Å². The fourth-order valence-corrected chi connectivity index (χ4v) is 5.29. The van der Waals surface area contributed by atoms with Crippen molar-refractivity contribution in [2.45, 2.75) is 31.5 Å². The highest BCUT2D eigenvalue weighted by Gasteiger charge is 2.40. The van der Waals surface area contributed by atoms with E-state index in [1.54, 1.807) is 16.6 Å². The Morgan fingerprint density at radius 3 is 2.42 bits per heavy atom. The zero-order valence-electron chi connectivity index (χ0n) is 20.2. The van der Waals surface area contributed by atoms with E-state index in [0.717, 1.165) is 31.7 Å². The minimum absolute atomic E-state index is 0.0639. The minimum atomic E-state index is -0.427. The van der Waals surface area contributed by atoms with Crippen LogP contribution in [-0.2, 0) is 20.7 Å². The van der Waals surface area contributed by atoms with Gasteiger partial charge in [0.1, 0.15) is 11.6 Å². The number of carbonyl (C=O) groups excluding carboxylic acids is 1. The quantitative estimate of drug-likeness (QED) is 0.530. The highest BCUT2D eigenvalue weighted by Crippen LogP contribution is 2.32. The molecule has 3 aliphatic heterocycles. The highest BCUT2D eigenvalue weighted by atomic mass is 19.1. The summed E-state index contributed by atoms with van der Waals surface area (Å²) >= 11 is 0. The molecule has 2 aromatic heterocycles. The molecule has 0 radical (unpaired) electrons. The van der Waals surface area contributed by atoms with Gasteiger partial charge in [0.05, 0.1) is 18.9 Å². The van der Waals surface area contributed by atoms with E-state index in [0.29, 0.717) is 69.4 Å². The third-order valence-electron chi connectivity index (χ3n) is 7.36. The van der Waals surface area contributed by atoms with Crippen LogP contribution >= 0.6 is 0 Å². The van der Waals surface area contributed by atoms with Gasteiger partial charge in [-0.3, -0.25) is 4.79 Å². The monoisotopic (exact) mass is 495 g/mol. The Morgan fingerprint density at radius 2 is 1.67 bits per heavy atom. The summed E-state index contributed by atoms with van der Waals surface area (Å²) in [6.07, 6.45) is 2.39. The fraction of sp³-hybridized carbons (Fsp3) is 0.520. The van der Waals surface area contributed by atoms with Crippen LogP contribution in [-0.4, -0.2) is 88.9 Å². The Labute approximate surface area is 208 Å². The molecule has 3 fully saturated rings. The van der Waals surface area contributed by atoms with Crippen LogP contribution in [0.1, 0.15) is 25.1 Å². The number of nitrogens with zero attached hydrogens (tertiary/aromatic N) is 7. The molecule has 0 unspecified atom stereocenters. The molecule has 11 heteroatoms. The van der Waals surface area contributed by atoms with E-state index in [1.165, 1.54) is 6.07 Å². The molecule has 1 spiro atoms. The standard InChI is InChI=1S/C25H30FN7O3/c26-19-3-1-2-4-20(19)30-13-15-32(16-14-30)24(34)8-7-22-28-27-21-5-6-23(29-33(21)22)31-11-9-25(10-12-31)35-17-18-36-25/h1-6H,7-18H2. The summed E-state index contributed by atoms with van der Waals surface area (Å²) in [7, 11) is 0. The summed E-state index contributed by atoms with van der Waals surface area (Å²) < 4.78 is 27.5. The molecule has 0 bridgehead atoms. The predicted molar refractivity (Wildman–Crippen MR) is 130 cm³/mol. The lowest BCUT2D eigenvalue weighted by Crippen LogP contribution is -2.49. The van der Waals surface area contributed by atoms with Gasteiger partial charge in [-0.05, 0) is 24.3 Å². The third kappa shape index (κ3) is 4.48. The van der Waals surface area contributed by atoms with Crippen LogP contribution in [0.25, 0.3) is 5.65 Å². The molecule has 0 atom stereocenters. The Morgan fingerprint density at radius 1 is 0.917 bits per heavy atom. The van der Waals surface area contributed by atoms with Crippen molar-refractivity contribution in [1.29, 1.82) is 0 Å². The highest BCUT2D eigenvalue weighted by molar-refractivity contribution is 5.76. The molecule has 1 amide bonds. The first-order chi connectivity index (χ1) is 17.6. The number of benzene rings is 1. The second-order valence-corrected chi connectivity index (χ2v) is 9.49. The van der Waals surface area contributed by atoms with Gasteiger partial charge in [0.2, 0.25) is 5.91 Å². The molecular weight excluding hydrogens is 465 g/mol. The second-order valence-electron chi connectivity index (χ2n) is 9.49. The number of piperazine rings is 1. The van der Waals surface area contributed by atoms with Crippen molar-refractivity contribution in [2.24, 2.45) is 0 Å². The molecule has 190 valence electrons. The van der Waals surface area contributed by atoms with Gasteiger partial charge < -0.3 is 24.2 Å². The van der Waals surface area contributed by atoms with E-state index < -0.39 is 5.79 Å². The number of ether oxygens (including phenoxy) is 2. The SMILES string of the molecule is O=C(CCc1nnc2ccc(N3CCC4(CC3)OCCO4)nn12)N1CCN(c2ccccc2F)CC1. The number of aromatic nitrogens is 4. The van der Waals surface area contributed by atoms with Gasteiger partial charge in [-0.15, -0.1) is 15.3 Å². The second kappa shape index (κ2) is 9.62. The Hall–Kier alpha value is -3.31. The molecule has 3 saturated heterocycles. The van der Waals surface area contributed by atoms with Gasteiger partial charge in [-0.25, -0.2) is 4.39 Å². The summed E-state index contributed by atoms with van der Waals surface area (Å²) in [6.45, 7) is 5.28. The van der Waals surface area contributed by atoms with Crippen molar-refractivity contribution in [1.82, 2.24) is 24.7 Å². The van der Waals surface area contributed by atoms with Crippen molar-refractivity contribution in [3.05, 3.63) is 48.0 Å². The number of para-hydroxylation sites is 1. The maximum atomic E-state index is 14.1. The zero-order valence-corrected chi connectivity index (χ0v) is 20.2. The molecule has 1 aromatic carbocycles. The molecule has 0 aliphatic carbocycles. The lowest BCUT2D eigenvalue weighted by molar-refractivity contribution is -0.169. The van der Waals surface area contributed by atoms with Gasteiger partial charge in [0.15, 0.2) is 17.3 Å². The van der Waals surface area contributed by atoms with Crippen LogP contribution in [0.4, 0.5) is 15.9 Å². The molecule has 36 heavy (non-hydrogen) atoms. The van der Waals surface area contributed by atoms with Crippen LogP contribution < -0.4 is 9.80 Å². The molecule has 5 heterocycles. The van der Waals surface area contributed by atoms with Crippen LogP contribution in [0.3, 0.4) is 0 Å². The smallest absolute Gasteiger partial charge is 0.223 e. The van der Waals surface area contributed by atoms with E-state index >= 15 is 0 Å². The van der Waals surface area contributed by atoms with Gasteiger partial charge in [-0.1, -0.05) is 12.1 Å². The summed E-state index contributed by atoms with van der Waals surface area (Å²) in [5, 5.41) is 13.3. The van der Waals surface area contributed by atoms with Crippen molar-refractivity contribution >= 4 is 23.1 Å². The first-order valence-electron chi connectivity index (χ1n) is 12.6. The number of hydrogen-bond donors (Lipinski definition) is 0. The number of halogens is 1. The normalized spacial score (nSPS) is 20.0.